The standard InChI is InChI=1S/C27H25N/c1-17-12-13-21-22-11-7-10-19-18(15-27(2,3)4)16-28-26(25(19)22)23-9-6-5-8-20(23)24(21)14-17/h5-14,16H,15H2,1-4H3. The second-order valence-electron chi connectivity index (χ2n) is 9.19. The van der Waals surface area contributed by atoms with Crippen molar-refractivity contribution in [2.24, 2.45) is 5.41 Å². The van der Waals surface area contributed by atoms with E-state index in [1.165, 1.54) is 49.7 Å². The highest BCUT2D eigenvalue weighted by Gasteiger charge is 2.24. The molecule has 1 nitrogen and oxygen atoms in total. The summed E-state index contributed by atoms with van der Waals surface area (Å²) in [4.78, 5) is 5.03. The first kappa shape index (κ1) is 17.2. The third kappa shape index (κ3) is 2.65. The summed E-state index contributed by atoms with van der Waals surface area (Å²) in [7, 11) is 0. The number of pyridine rings is 1. The number of fused-ring (bicyclic) bond motifs is 5. The van der Waals surface area contributed by atoms with Crippen LogP contribution in [0.4, 0.5) is 0 Å². The van der Waals surface area contributed by atoms with Crippen molar-refractivity contribution in [1.82, 2.24) is 4.98 Å². The molecule has 0 saturated carbocycles. The van der Waals surface area contributed by atoms with E-state index in [4.69, 9.17) is 4.98 Å². The molecule has 1 aromatic heterocycles. The van der Waals surface area contributed by atoms with Crippen molar-refractivity contribution in [3.8, 4) is 33.5 Å². The van der Waals surface area contributed by atoms with E-state index in [2.05, 4.69) is 94.6 Å². The molecule has 0 radical (unpaired) electrons. The molecule has 0 aliphatic heterocycles. The lowest BCUT2D eigenvalue weighted by molar-refractivity contribution is 0.412. The SMILES string of the molecule is Cc1ccc2c(c1)-c1ccccc1-c1ncc(CC(C)(C)C)c3cccc-2c13. The molecule has 1 heteroatoms. The number of hydrogen-bond acceptors (Lipinski definition) is 1. The minimum Gasteiger partial charge on any atom is -0.255 e. The zero-order valence-corrected chi connectivity index (χ0v) is 17.0. The van der Waals surface area contributed by atoms with Crippen LogP contribution in [-0.4, -0.2) is 4.98 Å². The maximum atomic E-state index is 5.03. The van der Waals surface area contributed by atoms with Crippen molar-refractivity contribution in [2.45, 2.75) is 34.1 Å². The van der Waals surface area contributed by atoms with Crippen LogP contribution in [0.15, 0.2) is 66.9 Å². The van der Waals surface area contributed by atoms with Crippen LogP contribution < -0.4 is 0 Å². The number of rotatable bonds is 1. The predicted molar refractivity (Wildman–Crippen MR) is 120 cm³/mol. The van der Waals surface area contributed by atoms with Gasteiger partial charge in [0.05, 0.1) is 5.69 Å². The second-order valence-corrected chi connectivity index (χ2v) is 9.19. The zero-order valence-electron chi connectivity index (χ0n) is 17.0. The molecule has 3 aromatic carbocycles. The molecular formula is C27H25N. The predicted octanol–water partition coefficient (Wildman–Crippen LogP) is 7.45. The van der Waals surface area contributed by atoms with Gasteiger partial charge < -0.3 is 0 Å². The summed E-state index contributed by atoms with van der Waals surface area (Å²) in [5, 5.41) is 2.62. The second kappa shape index (κ2) is 6.04. The maximum absolute atomic E-state index is 5.03. The molecule has 0 N–H and O–H groups in total. The first-order valence-corrected chi connectivity index (χ1v) is 10.0. The van der Waals surface area contributed by atoms with Crippen LogP contribution in [0, 0.1) is 12.3 Å². The van der Waals surface area contributed by atoms with E-state index < -0.39 is 0 Å². The minimum absolute atomic E-state index is 0.221. The summed E-state index contributed by atoms with van der Waals surface area (Å²) in [5.74, 6) is 0. The van der Waals surface area contributed by atoms with Crippen LogP contribution in [-0.2, 0) is 6.42 Å². The summed E-state index contributed by atoms with van der Waals surface area (Å²) >= 11 is 0. The topological polar surface area (TPSA) is 12.9 Å². The molecule has 1 heterocycles. The van der Waals surface area contributed by atoms with Gasteiger partial charge in [-0.25, -0.2) is 0 Å². The minimum atomic E-state index is 0.221. The van der Waals surface area contributed by atoms with E-state index in [1.807, 2.05) is 0 Å². The van der Waals surface area contributed by atoms with Gasteiger partial charge >= 0.3 is 0 Å². The molecule has 1 aliphatic rings. The zero-order chi connectivity index (χ0) is 19.5. The molecule has 0 saturated heterocycles. The smallest absolute Gasteiger partial charge is 0.0792 e. The van der Waals surface area contributed by atoms with Crippen molar-refractivity contribution >= 4 is 10.8 Å². The van der Waals surface area contributed by atoms with E-state index in [9.17, 15) is 0 Å². The Balaban J connectivity index is 1.95. The first-order chi connectivity index (χ1) is 13.4. The van der Waals surface area contributed by atoms with Crippen LogP contribution in [0.5, 0.6) is 0 Å². The van der Waals surface area contributed by atoms with Crippen LogP contribution in [0.1, 0.15) is 31.9 Å². The van der Waals surface area contributed by atoms with Crippen LogP contribution >= 0.6 is 0 Å². The number of nitrogens with zero attached hydrogens (tertiary/aromatic N) is 1. The van der Waals surface area contributed by atoms with Gasteiger partial charge in [-0.15, -0.1) is 0 Å². The Labute approximate surface area is 167 Å². The largest absolute Gasteiger partial charge is 0.255 e. The lowest BCUT2D eigenvalue weighted by Gasteiger charge is -2.20. The fraction of sp³-hybridized carbons (Fsp3) is 0.222. The summed E-state index contributed by atoms with van der Waals surface area (Å²) in [6.07, 6.45) is 3.12. The Hall–Kier alpha value is -2.93. The lowest BCUT2D eigenvalue weighted by Crippen LogP contribution is -2.10. The summed E-state index contributed by atoms with van der Waals surface area (Å²) < 4.78 is 0. The number of benzene rings is 3. The van der Waals surface area contributed by atoms with Crippen molar-refractivity contribution in [3.05, 3.63) is 78.0 Å². The van der Waals surface area contributed by atoms with Crippen molar-refractivity contribution in [2.75, 3.05) is 0 Å². The third-order valence-corrected chi connectivity index (χ3v) is 5.66. The molecule has 5 rings (SSSR count). The number of hydrogen-bond donors (Lipinski definition) is 0. The van der Waals surface area contributed by atoms with Gasteiger partial charge in [0.15, 0.2) is 0 Å². The first-order valence-electron chi connectivity index (χ1n) is 10.0. The monoisotopic (exact) mass is 363 g/mol. The van der Waals surface area contributed by atoms with Gasteiger partial charge in [-0.2, -0.15) is 0 Å². The Kier molecular flexibility index (Phi) is 3.71. The molecule has 0 spiro atoms. The normalized spacial score (nSPS) is 12.4. The Morgan fingerprint density at radius 2 is 1.46 bits per heavy atom. The molecule has 0 fully saturated rings. The fourth-order valence-electron chi connectivity index (χ4n) is 4.53. The van der Waals surface area contributed by atoms with E-state index in [-0.39, 0.29) is 5.41 Å². The Morgan fingerprint density at radius 1 is 0.750 bits per heavy atom. The quantitative estimate of drug-likeness (QED) is 0.301. The fourth-order valence-corrected chi connectivity index (χ4v) is 4.53. The molecule has 4 aromatic rings. The molecule has 0 amide bonds. The summed E-state index contributed by atoms with van der Waals surface area (Å²) in [6.45, 7) is 9.05. The maximum Gasteiger partial charge on any atom is 0.0792 e. The summed E-state index contributed by atoms with van der Waals surface area (Å²) in [6, 6.07) is 22.2. The van der Waals surface area contributed by atoms with Gasteiger partial charge in [0.1, 0.15) is 0 Å². The van der Waals surface area contributed by atoms with Gasteiger partial charge in [0.2, 0.25) is 0 Å². The highest BCUT2D eigenvalue weighted by molar-refractivity contribution is 6.12. The van der Waals surface area contributed by atoms with Crippen LogP contribution in [0.25, 0.3) is 44.3 Å². The average molecular weight is 364 g/mol. The van der Waals surface area contributed by atoms with E-state index >= 15 is 0 Å². The Morgan fingerprint density at radius 3 is 2.25 bits per heavy atom. The lowest BCUT2D eigenvalue weighted by atomic mass is 9.85. The van der Waals surface area contributed by atoms with E-state index in [0.717, 1.165) is 12.1 Å². The highest BCUT2D eigenvalue weighted by atomic mass is 14.7. The third-order valence-electron chi connectivity index (χ3n) is 5.66. The van der Waals surface area contributed by atoms with Gasteiger partial charge in [-0.05, 0) is 52.0 Å². The number of aryl methyl sites for hydroxylation is 1. The molecule has 0 unspecified atom stereocenters. The van der Waals surface area contributed by atoms with Gasteiger partial charge in [-0.3, -0.25) is 4.98 Å². The van der Waals surface area contributed by atoms with Gasteiger partial charge in [0, 0.05) is 17.1 Å². The van der Waals surface area contributed by atoms with Crippen molar-refractivity contribution < 1.29 is 0 Å². The molecule has 0 bridgehead atoms. The number of aromatic nitrogens is 1. The average Bonchev–Trinajstić information content (AvgIpc) is 2.77. The molecule has 0 atom stereocenters. The molecule has 28 heavy (non-hydrogen) atoms. The van der Waals surface area contributed by atoms with Crippen LogP contribution in [0.3, 0.4) is 0 Å². The van der Waals surface area contributed by atoms with Crippen molar-refractivity contribution in [3.63, 3.8) is 0 Å². The van der Waals surface area contributed by atoms with Crippen molar-refractivity contribution in [1.29, 1.82) is 0 Å². The van der Waals surface area contributed by atoms with E-state index in [1.54, 1.807) is 0 Å². The molecule has 1 aliphatic carbocycles. The van der Waals surface area contributed by atoms with Crippen LogP contribution in [0.2, 0.25) is 0 Å². The summed E-state index contributed by atoms with van der Waals surface area (Å²) in [5.41, 5.74) is 10.3. The Bertz CT molecular complexity index is 1220. The molecule has 138 valence electrons. The van der Waals surface area contributed by atoms with E-state index in [0.29, 0.717) is 0 Å². The van der Waals surface area contributed by atoms with Gasteiger partial charge in [0.25, 0.3) is 0 Å². The molecular weight excluding hydrogens is 338 g/mol. The highest BCUT2D eigenvalue weighted by Crippen LogP contribution is 2.47. The van der Waals surface area contributed by atoms with Gasteiger partial charge in [-0.1, -0.05) is 87.0 Å².